The first-order valence-corrected chi connectivity index (χ1v) is 10.2. The lowest BCUT2D eigenvalue weighted by Crippen LogP contribution is -2.30. The maximum atomic E-state index is 13.5. The van der Waals surface area contributed by atoms with Gasteiger partial charge in [0.2, 0.25) is 0 Å². The fourth-order valence-electron chi connectivity index (χ4n) is 3.32. The van der Waals surface area contributed by atoms with Crippen LogP contribution in [0.5, 0.6) is 5.75 Å². The Morgan fingerprint density at radius 1 is 1.42 bits per heavy atom. The highest BCUT2D eigenvalue weighted by atomic mass is 79.9. The van der Waals surface area contributed by atoms with E-state index in [1.165, 1.54) is 17.7 Å². The Hall–Kier alpha value is -1.68. The summed E-state index contributed by atoms with van der Waals surface area (Å²) in [5.74, 6) is 0.144. The normalized spacial score (nSPS) is 18.3. The molecular formula is C22H26BrFO2. The highest BCUT2D eigenvalue weighted by molar-refractivity contribution is 9.09. The molecule has 1 aromatic rings. The molecule has 26 heavy (non-hydrogen) atoms. The predicted octanol–water partition coefficient (Wildman–Crippen LogP) is 5.96. The van der Waals surface area contributed by atoms with Crippen LogP contribution in [0, 0.1) is 11.7 Å². The average molecular weight is 421 g/mol. The van der Waals surface area contributed by atoms with Crippen LogP contribution < -0.4 is 4.74 Å². The third-order valence-corrected chi connectivity index (χ3v) is 4.98. The summed E-state index contributed by atoms with van der Waals surface area (Å²) < 4.78 is 19.3. The summed E-state index contributed by atoms with van der Waals surface area (Å²) >= 11 is 3.41. The smallest absolute Gasteiger partial charge is 0.169 e. The Bertz CT molecular complexity index is 747. The summed E-state index contributed by atoms with van der Waals surface area (Å²) in [7, 11) is 0. The van der Waals surface area contributed by atoms with Crippen LogP contribution in [0.1, 0.15) is 39.2 Å². The average Bonchev–Trinajstić information content (AvgIpc) is 2.64. The molecule has 0 aromatic heterocycles. The van der Waals surface area contributed by atoms with E-state index >= 15 is 0 Å². The fourth-order valence-corrected chi connectivity index (χ4v) is 3.50. The molecule has 0 fully saturated rings. The number of ether oxygens (including phenoxy) is 1. The second-order valence-electron chi connectivity index (χ2n) is 6.53. The first-order chi connectivity index (χ1) is 12.5. The number of ketones is 1. The first-order valence-electron chi connectivity index (χ1n) is 9.06. The number of allylic oxidation sites excluding steroid dienone is 6. The molecule has 1 heterocycles. The molecule has 1 aliphatic heterocycles. The summed E-state index contributed by atoms with van der Waals surface area (Å²) in [6.07, 6.45) is 8.39. The maximum absolute atomic E-state index is 13.5. The Kier molecular flexibility index (Phi) is 7.83. The van der Waals surface area contributed by atoms with E-state index in [0.717, 1.165) is 34.9 Å². The van der Waals surface area contributed by atoms with Crippen LogP contribution in [0.2, 0.25) is 0 Å². The van der Waals surface area contributed by atoms with Gasteiger partial charge in [-0.25, -0.2) is 4.39 Å². The fraction of sp³-hybridized carbons (Fsp3) is 0.409. The number of carbonyl (C=O) groups excluding carboxylic acids is 1. The Morgan fingerprint density at radius 2 is 2.19 bits per heavy atom. The lowest BCUT2D eigenvalue weighted by Gasteiger charge is -2.26. The van der Waals surface area contributed by atoms with Gasteiger partial charge < -0.3 is 4.74 Å². The van der Waals surface area contributed by atoms with Crippen molar-refractivity contribution in [2.24, 2.45) is 5.92 Å². The van der Waals surface area contributed by atoms with Crippen molar-refractivity contribution in [3.8, 4) is 5.75 Å². The predicted molar refractivity (Wildman–Crippen MR) is 108 cm³/mol. The van der Waals surface area contributed by atoms with Gasteiger partial charge in [0, 0.05) is 10.9 Å². The minimum atomic E-state index is -0.300. The number of hydrogen-bond donors (Lipinski definition) is 0. The second kappa shape index (κ2) is 9.86. The molecule has 1 atom stereocenters. The maximum Gasteiger partial charge on any atom is 0.169 e. The Morgan fingerprint density at radius 3 is 2.85 bits per heavy atom. The number of halogens is 2. The van der Waals surface area contributed by atoms with Crippen molar-refractivity contribution in [1.29, 1.82) is 0 Å². The van der Waals surface area contributed by atoms with Crippen LogP contribution in [0.4, 0.5) is 4.39 Å². The number of alkyl halides is 1. The number of rotatable bonds is 7. The first kappa shape index (κ1) is 20.6. The molecule has 4 heteroatoms. The van der Waals surface area contributed by atoms with Crippen molar-refractivity contribution in [2.75, 3.05) is 11.9 Å². The van der Waals surface area contributed by atoms with Gasteiger partial charge in [0.05, 0.1) is 12.5 Å². The summed E-state index contributed by atoms with van der Waals surface area (Å²) in [5, 5.41) is 0.736. The quantitative estimate of drug-likeness (QED) is 0.309. The largest absolute Gasteiger partial charge is 0.493 e. The van der Waals surface area contributed by atoms with Gasteiger partial charge in [-0.2, -0.15) is 0 Å². The van der Waals surface area contributed by atoms with E-state index < -0.39 is 0 Å². The standard InChI is InChI=1S/C22H26BrFO2/c1-4-7-15(3)20(8-6-11-23)19(5-2)22(25)17-12-16-13-18(24)9-10-21(16)26-14-17/h5-6,8-10,13,17H,4,7,11-12,14H2,1-3H3/b8-6-,19-5+,20-15-. The van der Waals surface area contributed by atoms with E-state index in [1.54, 1.807) is 6.07 Å². The van der Waals surface area contributed by atoms with Gasteiger partial charge in [-0.05, 0) is 56.0 Å². The summed E-state index contributed by atoms with van der Waals surface area (Å²) in [4.78, 5) is 13.2. The number of Topliss-reactive ketones (excluding diaryl/α,β-unsaturated/α-hetero) is 1. The van der Waals surface area contributed by atoms with Crippen LogP contribution in [0.15, 0.2) is 53.1 Å². The van der Waals surface area contributed by atoms with Crippen LogP contribution in [-0.4, -0.2) is 17.7 Å². The molecule has 2 rings (SSSR count). The second-order valence-corrected chi connectivity index (χ2v) is 7.18. The third-order valence-electron chi connectivity index (χ3n) is 4.60. The lowest BCUT2D eigenvalue weighted by molar-refractivity contribution is -0.120. The molecule has 0 aliphatic carbocycles. The number of hydrogen-bond acceptors (Lipinski definition) is 2. The Labute approximate surface area is 164 Å². The molecule has 0 N–H and O–H groups in total. The minimum absolute atomic E-state index is 0.0621. The zero-order valence-electron chi connectivity index (χ0n) is 15.6. The molecular weight excluding hydrogens is 395 g/mol. The van der Waals surface area contributed by atoms with Crippen molar-refractivity contribution in [3.63, 3.8) is 0 Å². The number of benzene rings is 1. The van der Waals surface area contributed by atoms with Crippen molar-refractivity contribution in [2.45, 2.75) is 40.0 Å². The van der Waals surface area contributed by atoms with Gasteiger partial charge >= 0.3 is 0 Å². The molecule has 1 unspecified atom stereocenters. The SMILES string of the molecule is C\C=C(C(=O)C1COc2ccc(F)cc2C1)/C(/C=C\CBr)=C(/C)CCC. The lowest BCUT2D eigenvalue weighted by atomic mass is 9.85. The molecule has 0 amide bonds. The molecule has 0 bridgehead atoms. The molecule has 140 valence electrons. The summed E-state index contributed by atoms with van der Waals surface area (Å²) in [6.45, 7) is 6.44. The zero-order valence-corrected chi connectivity index (χ0v) is 17.2. The van der Waals surface area contributed by atoms with Crippen molar-refractivity contribution in [1.82, 2.24) is 0 Å². The van der Waals surface area contributed by atoms with Gasteiger partial charge in [-0.15, -0.1) is 0 Å². The van der Waals surface area contributed by atoms with Gasteiger partial charge in [0.15, 0.2) is 5.78 Å². The Balaban J connectivity index is 2.30. The third kappa shape index (κ3) is 4.94. The van der Waals surface area contributed by atoms with E-state index in [9.17, 15) is 9.18 Å². The minimum Gasteiger partial charge on any atom is -0.493 e. The van der Waals surface area contributed by atoms with Crippen LogP contribution in [0.25, 0.3) is 0 Å². The van der Waals surface area contributed by atoms with Crippen LogP contribution in [-0.2, 0) is 11.2 Å². The van der Waals surface area contributed by atoms with E-state index in [1.807, 2.05) is 25.2 Å². The van der Waals surface area contributed by atoms with E-state index in [4.69, 9.17) is 4.74 Å². The molecule has 2 nitrogen and oxygen atoms in total. The van der Waals surface area contributed by atoms with Gasteiger partial charge in [-0.1, -0.05) is 53.1 Å². The van der Waals surface area contributed by atoms with Crippen molar-refractivity contribution >= 4 is 21.7 Å². The van der Waals surface area contributed by atoms with Gasteiger partial charge in [0.25, 0.3) is 0 Å². The topological polar surface area (TPSA) is 26.3 Å². The molecule has 0 spiro atoms. The molecule has 0 saturated carbocycles. The van der Waals surface area contributed by atoms with Crippen molar-refractivity contribution < 1.29 is 13.9 Å². The van der Waals surface area contributed by atoms with Crippen LogP contribution >= 0.6 is 15.9 Å². The summed E-state index contributed by atoms with van der Waals surface area (Å²) in [6, 6.07) is 4.49. The molecule has 0 saturated heterocycles. The van der Waals surface area contributed by atoms with Gasteiger partial charge in [0.1, 0.15) is 11.6 Å². The van der Waals surface area contributed by atoms with E-state index in [2.05, 4.69) is 29.8 Å². The van der Waals surface area contributed by atoms with Crippen LogP contribution in [0.3, 0.4) is 0 Å². The summed E-state index contributed by atoms with van der Waals surface area (Å²) in [5.41, 5.74) is 3.68. The highest BCUT2D eigenvalue weighted by Gasteiger charge is 2.29. The highest BCUT2D eigenvalue weighted by Crippen LogP contribution is 2.31. The molecule has 0 radical (unpaired) electrons. The van der Waals surface area contributed by atoms with Gasteiger partial charge in [-0.3, -0.25) is 4.79 Å². The van der Waals surface area contributed by atoms with E-state index in [-0.39, 0.29) is 17.5 Å². The monoisotopic (exact) mass is 420 g/mol. The zero-order chi connectivity index (χ0) is 19.1. The number of fused-ring (bicyclic) bond motifs is 1. The molecule has 1 aromatic carbocycles. The van der Waals surface area contributed by atoms with Crippen molar-refractivity contribution in [3.05, 3.63) is 64.5 Å². The van der Waals surface area contributed by atoms with E-state index in [0.29, 0.717) is 18.8 Å². The number of carbonyl (C=O) groups is 1. The molecule has 1 aliphatic rings.